The zero-order valence-corrected chi connectivity index (χ0v) is 10.5. The summed E-state index contributed by atoms with van der Waals surface area (Å²) in [6.07, 6.45) is 0.916. The lowest BCUT2D eigenvalue weighted by Gasteiger charge is -2.25. The van der Waals surface area contributed by atoms with E-state index in [-0.39, 0.29) is 18.3 Å². The Balaban J connectivity index is 2.05. The van der Waals surface area contributed by atoms with Crippen molar-refractivity contribution in [3.63, 3.8) is 0 Å². The number of rotatable bonds is 3. The van der Waals surface area contributed by atoms with Crippen LogP contribution in [0.4, 0.5) is 0 Å². The van der Waals surface area contributed by atoms with Crippen LogP contribution in [0, 0.1) is 0 Å². The van der Waals surface area contributed by atoms with Gasteiger partial charge in [-0.1, -0.05) is 18.2 Å². The van der Waals surface area contributed by atoms with Gasteiger partial charge in [0.15, 0.2) is 0 Å². The maximum absolute atomic E-state index is 9.15. The van der Waals surface area contributed by atoms with E-state index >= 15 is 0 Å². The second-order valence-electron chi connectivity index (χ2n) is 4.68. The van der Waals surface area contributed by atoms with Crippen molar-refractivity contribution in [1.82, 2.24) is 0 Å². The normalized spacial score (nSPS) is 28.2. The summed E-state index contributed by atoms with van der Waals surface area (Å²) in [7, 11) is 0. The Morgan fingerprint density at radius 2 is 2.06 bits per heavy atom. The van der Waals surface area contributed by atoms with E-state index in [1.54, 1.807) is 0 Å². The summed E-state index contributed by atoms with van der Waals surface area (Å²) in [5.74, 6) is 0. The van der Waals surface area contributed by atoms with Crippen LogP contribution in [0.2, 0.25) is 0 Å². The van der Waals surface area contributed by atoms with Gasteiger partial charge in [-0.25, -0.2) is 0 Å². The molecule has 1 saturated heterocycles. The third kappa shape index (κ3) is 2.59. The van der Waals surface area contributed by atoms with E-state index in [2.05, 4.69) is 38.1 Å². The highest BCUT2D eigenvalue weighted by molar-refractivity contribution is 8.00. The topological polar surface area (TPSA) is 29.5 Å². The molecule has 88 valence electrons. The van der Waals surface area contributed by atoms with Crippen LogP contribution in [0.5, 0.6) is 0 Å². The Morgan fingerprint density at radius 3 is 2.62 bits per heavy atom. The largest absolute Gasteiger partial charge is 0.394 e. The molecule has 2 atom stereocenters. The van der Waals surface area contributed by atoms with Crippen LogP contribution in [0.3, 0.4) is 0 Å². The third-order valence-electron chi connectivity index (χ3n) is 2.95. The van der Waals surface area contributed by atoms with E-state index < -0.39 is 0 Å². The summed E-state index contributed by atoms with van der Waals surface area (Å²) in [6.45, 7) is 4.32. The van der Waals surface area contributed by atoms with E-state index in [4.69, 9.17) is 9.84 Å². The molecule has 2 nitrogen and oxygen atoms in total. The van der Waals surface area contributed by atoms with Crippen molar-refractivity contribution in [2.24, 2.45) is 0 Å². The van der Waals surface area contributed by atoms with E-state index in [0.717, 1.165) is 6.42 Å². The average Bonchev–Trinajstić information content (AvgIpc) is 2.55. The van der Waals surface area contributed by atoms with E-state index in [1.165, 1.54) is 4.90 Å². The van der Waals surface area contributed by atoms with Gasteiger partial charge in [0.2, 0.25) is 0 Å². The zero-order valence-electron chi connectivity index (χ0n) is 9.72. The Morgan fingerprint density at radius 1 is 1.38 bits per heavy atom. The fourth-order valence-electron chi connectivity index (χ4n) is 2.04. The number of aliphatic hydroxyl groups is 1. The Bertz CT molecular complexity index is 337. The minimum atomic E-state index is -0.159. The summed E-state index contributed by atoms with van der Waals surface area (Å²) in [5.41, 5.74) is -0.159. The molecule has 0 amide bonds. The lowest BCUT2D eigenvalue weighted by Crippen LogP contribution is -2.30. The van der Waals surface area contributed by atoms with Crippen LogP contribution in [-0.2, 0) is 4.74 Å². The SMILES string of the molecule is CC1(C)O[C@@H](CO)C[C@@H]1Sc1ccccc1. The van der Waals surface area contributed by atoms with Crippen LogP contribution in [0.1, 0.15) is 20.3 Å². The van der Waals surface area contributed by atoms with Gasteiger partial charge in [0.05, 0.1) is 18.3 Å². The summed E-state index contributed by atoms with van der Waals surface area (Å²) in [6, 6.07) is 10.4. The lowest BCUT2D eigenvalue weighted by atomic mass is 10.0. The molecule has 0 spiro atoms. The Labute approximate surface area is 101 Å². The molecule has 1 fully saturated rings. The predicted molar refractivity (Wildman–Crippen MR) is 66.7 cm³/mol. The number of thioether (sulfide) groups is 1. The van der Waals surface area contributed by atoms with Crippen LogP contribution < -0.4 is 0 Å². The van der Waals surface area contributed by atoms with Crippen molar-refractivity contribution in [2.75, 3.05) is 6.61 Å². The molecule has 1 aliphatic heterocycles. The number of benzene rings is 1. The summed E-state index contributed by atoms with van der Waals surface area (Å²) >= 11 is 1.84. The molecule has 16 heavy (non-hydrogen) atoms. The van der Waals surface area contributed by atoms with Gasteiger partial charge < -0.3 is 9.84 Å². The average molecular weight is 238 g/mol. The number of aliphatic hydroxyl groups excluding tert-OH is 1. The Kier molecular flexibility index (Phi) is 3.57. The maximum Gasteiger partial charge on any atom is 0.0825 e. The molecule has 0 aliphatic carbocycles. The van der Waals surface area contributed by atoms with E-state index in [9.17, 15) is 0 Å². The van der Waals surface area contributed by atoms with Crippen LogP contribution >= 0.6 is 11.8 Å². The number of hydrogen-bond acceptors (Lipinski definition) is 3. The van der Waals surface area contributed by atoms with E-state index in [1.807, 2.05) is 17.8 Å². The second-order valence-corrected chi connectivity index (χ2v) is 5.96. The Hall–Kier alpha value is -0.510. The highest BCUT2D eigenvalue weighted by Crippen LogP contribution is 2.41. The first-order chi connectivity index (χ1) is 7.62. The first-order valence-electron chi connectivity index (χ1n) is 5.62. The summed E-state index contributed by atoms with van der Waals surface area (Å²) in [4.78, 5) is 1.27. The molecule has 0 radical (unpaired) electrons. The highest BCUT2D eigenvalue weighted by Gasteiger charge is 2.41. The van der Waals surface area contributed by atoms with Crippen molar-refractivity contribution in [3.05, 3.63) is 30.3 Å². The van der Waals surface area contributed by atoms with Crippen molar-refractivity contribution < 1.29 is 9.84 Å². The summed E-state index contributed by atoms with van der Waals surface area (Å²) in [5, 5.41) is 9.56. The molecule has 1 heterocycles. The molecule has 2 rings (SSSR count). The number of ether oxygens (including phenoxy) is 1. The fourth-order valence-corrected chi connectivity index (χ4v) is 3.33. The van der Waals surface area contributed by atoms with Crippen molar-refractivity contribution in [1.29, 1.82) is 0 Å². The summed E-state index contributed by atoms with van der Waals surface area (Å²) < 4.78 is 5.81. The molecule has 0 saturated carbocycles. The number of hydrogen-bond donors (Lipinski definition) is 1. The van der Waals surface area contributed by atoms with Crippen molar-refractivity contribution >= 4 is 11.8 Å². The van der Waals surface area contributed by atoms with Gasteiger partial charge in [-0.3, -0.25) is 0 Å². The van der Waals surface area contributed by atoms with Gasteiger partial charge in [-0.05, 0) is 32.4 Å². The smallest absolute Gasteiger partial charge is 0.0825 e. The molecule has 0 bridgehead atoms. The quantitative estimate of drug-likeness (QED) is 0.878. The molecular formula is C13H18O2S. The van der Waals surface area contributed by atoms with Gasteiger partial charge in [0, 0.05) is 10.1 Å². The monoisotopic (exact) mass is 238 g/mol. The van der Waals surface area contributed by atoms with Gasteiger partial charge >= 0.3 is 0 Å². The molecule has 1 aromatic carbocycles. The van der Waals surface area contributed by atoms with Gasteiger partial charge in [-0.15, -0.1) is 11.8 Å². The molecule has 3 heteroatoms. The van der Waals surface area contributed by atoms with Gasteiger partial charge in [0.1, 0.15) is 0 Å². The minimum absolute atomic E-state index is 0.00351. The van der Waals surface area contributed by atoms with Crippen LogP contribution in [0.25, 0.3) is 0 Å². The first kappa shape index (κ1) is 12.0. The van der Waals surface area contributed by atoms with Crippen molar-refractivity contribution in [2.45, 2.75) is 42.1 Å². The maximum atomic E-state index is 9.15. The fraction of sp³-hybridized carbons (Fsp3) is 0.538. The standard InChI is InChI=1S/C13H18O2S/c1-13(2)12(8-10(9-14)15-13)16-11-6-4-3-5-7-11/h3-7,10,12,14H,8-9H2,1-2H3/t10-,12+/m1/s1. The molecule has 1 aromatic rings. The second kappa shape index (κ2) is 4.78. The molecule has 0 unspecified atom stereocenters. The van der Waals surface area contributed by atoms with Crippen molar-refractivity contribution in [3.8, 4) is 0 Å². The van der Waals surface area contributed by atoms with E-state index in [0.29, 0.717) is 5.25 Å². The zero-order chi connectivity index (χ0) is 11.6. The lowest BCUT2D eigenvalue weighted by molar-refractivity contribution is -0.0356. The molecular weight excluding hydrogens is 220 g/mol. The molecule has 1 aliphatic rings. The molecule has 1 N–H and O–H groups in total. The van der Waals surface area contributed by atoms with Gasteiger partial charge in [0.25, 0.3) is 0 Å². The molecule has 0 aromatic heterocycles. The van der Waals surface area contributed by atoms with Crippen LogP contribution in [0.15, 0.2) is 35.2 Å². The van der Waals surface area contributed by atoms with Crippen LogP contribution in [-0.4, -0.2) is 28.7 Å². The third-order valence-corrected chi connectivity index (χ3v) is 4.54. The first-order valence-corrected chi connectivity index (χ1v) is 6.50. The minimum Gasteiger partial charge on any atom is -0.394 e. The highest BCUT2D eigenvalue weighted by atomic mass is 32.2. The predicted octanol–water partition coefficient (Wildman–Crippen LogP) is 2.71. The van der Waals surface area contributed by atoms with Gasteiger partial charge in [-0.2, -0.15) is 0 Å².